The third-order valence-electron chi connectivity index (χ3n) is 2.23. The molecule has 0 aliphatic rings. The lowest BCUT2D eigenvalue weighted by Gasteiger charge is -2.32. The maximum atomic E-state index is 12.9. The van der Waals surface area contributed by atoms with E-state index in [0.29, 0.717) is 0 Å². The first kappa shape index (κ1) is 19.8. The number of hydrogen-bond donors (Lipinski definition) is 2. The smallest absolute Gasteiger partial charge is 0.373 e. The van der Waals surface area contributed by atoms with Gasteiger partial charge in [-0.3, -0.25) is 4.79 Å². The van der Waals surface area contributed by atoms with E-state index in [1.807, 2.05) is 0 Å². The second kappa shape index (κ2) is 6.73. The summed E-state index contributed by atoms with van der Waals surface area (Å²) < 4.78 is 104. The van der Waals surface area contributed by atoms with Gasteiger partial charge < -0.3 is 16.2 Å². The fraction of sp³-hybridized carbons (Fsp3) is 0.889. The van der Waals surface area contributed by atoms with Crippen LogP contribution >= 0.6 is 0 Å². The summed E-state index contributed by atoms with van der Waals surface area (Å²) in [5.41, 5.74) is 9.81. The molecule has 4 N–H and O–H groups in total. The fourth-order valence-electron chi connectivity index (χ4n) is 1.13. The number of ether oxygens (including phenoxy) is 1. The highest BCUT2D eigenvalue weighted by molar-refractivity contribution is 5.74. The van der Waals surface area contributed by atoms with Crippen LogP contribution in [0.15, 0.2) is 0 Å². The van der Waals surface area contributed by atoms with E-state index < -0.39 is 55.8 Å². The Bertz CT molecular complexity index is 364. The van der Waals surface area contributed by atoms with Crippen LogP contribution < -0.4 is 11.5 Å². The van der Waals surface area contributed by atoms with Gasteiger partial charge in [-0.2, -0.15) is 26.3 Å². The molecular weight excluding hydrogens is 320 g/mol. The zero-order valence-electron chi connectivity index (χ0n) is 10.3. The van der Waals surface area contributed by atoms with Gasteiger partial charge in [-0.25, -0.2) is 8.78 Å². The van der Waals surface area contributed by atoms with Gasteiger partial charge in [0.25, 0.3) is 0 Å². The van der Waals surface area contributed by atoms with Crippen LogP contribution in [0, 0.1) is 0 Å². The summed E-state index contributed by atoms with van der Waals surface area (Å²) in [6.07, 6.45) is -5.52. The molecule has 0 heterocycles. The van der Waals surface area contributed by atoms with Crippen molar-refractivity contribution in [1.82, 2.24) is 0 Å². The van der Waals surface area contributed by atoms with E-state index in [0.717, 1.165) is 0 Å². The Morgan fingerprint density at radius 1 is 1.10 bits per heavy atom. The zero-order chi connectivity index (χ0) is 17.1. The molecule has 0 fully saturated rings. The van der Waals surface area contributed by atoms with Crippen molar-refractivity contribution in [2.24, 2.45) is 11.5 Å². The van der Waals surface area contributed by atoms with Crippen molar-refractivity contribution in [3.8, 4) is 0 Å². The third kappa shape index (κ3) is 4.66. The van der Waals surface area contributed by atoms with Crippen molar-refractivity contribution in [1.29, 1.82) is 0 Å². The normalized spacial score (nSPS) is 15.3. The van der Waals surface area contributed by atoms with E-state index in [1.165, 1.54) is 0 Å². The monoisotopic (exact) mass is 332 g/mol. The van der Waals surface area contributed by atoms with Crippen LogP contribution in [-0.2, 0) is 9.53 Å². The van der Waals surface area contributed by atoms with E-state index in [1.54, 1.807) is 0 Å². The molecule has 0 spiro atoms. The lowest BCUT2D eigenvalue weighted by Crippen LogP contribution is -2.59. The quantitative estimate of drug-likeness (QED) is 0.626. The third-order valence-corrected chi connectivity index (χ3v) is 2.23. The summed E-state index contributed by atoms with van der Waals surface area (Å²) in [6.45, 7) is -3.16. The molecule has 0 aliphatic heterocycles. The molecule has 1 atom stereocenters. The summed E-state index contributed by atoms with van der Waals surface area (Å²) >= 11 is 0. The number of primary amides is 1. The number of hydrogen-bond acceptors (Lipinski definition) is 3. The molecule has 12 heteroatoms. The molecule has 0 aromatic carbocycles. The molecule has 0 saturated heterocycles. The first-order valence-electron chi connectivity index (χ1n) is 5.29. The first-order chi connectivity index (χ1) is 9.25. The molecule has 1 unspecified atom stereocenters. The van der Waals surface area contributed by atoms with Crippen LogP contribution in [0.1, 0.15) is 6.42 Å². The van der Waals surface area contributed by atoms with E-state index in [4.69, 9.17) is 5.73 Å². The lowest BCUT2D eigenvalue weighted by atomic mass is 10.1. The maximum Gasteiger partial charge on any atom is 0.380 e. The van der Waals surface area contributed by atoms with Crippen molar-refractivity contribution in [2.45, 2.75) is 36.7 Å². The minimum absolute atomic E-state index is 0.533. The topological polar surface area (TPSA) is 78.3 Å². The number of amides is 1. The first-order valence-corrected chi connectivity index (χ1v) is 5.29. The Morgan fingerprint density at radius 3 is 1.95 bits per heavy atom. The van der Waals surface area contributed by atoms with Gasteiger partial charge in [0.1, 0.15) is 6.61 Å². The number of alkyl halides is 8. The summed E-state index contributed by atoms with van der Waals surface area (Å²) in [4.78, 5) is 10.4. The molecule has 0 radical (unpaired) electrons. The van der Waals surface area contributed by atoms with Crippen LogP contribution in [0.5, 0.6) is 0 Å². The Morgan fingerprint density at radius 2 is 1.57 bits per heavy atom. The minimum atomic E-state index is -6.33. The van der Waals surface area contributed by atoms with Gasteiger partial charge in [0.2, 0.25) is 5.91 Å². The summed E-state index contributed by atoms with van der Waals surface area (Å²) in [7, 11) is 0. The van der Waals surface area contributed by atoms with Crippen LogP contribution in [0.4, 0.5) is 35.1 Å². The van der Waals surface area contributed by atoms with Crippen LogP contribution in [-0.4, -0.2) is 49.4 Å². The molecule has 4 nitrogen and oxygen atoms in total. The largest absolute Gasteiger partial charge is 0.380 e. The predicted octanol–water partition coefficient (Wildman–Crippen LogP) is 1.38. The Balaban J connectivity index is 4.71. The Kier molecular flexibility index (Phi) is 6.35. The second-order valence-corrected chi connectivity index (χ2v) is 4.15. The van der Waals surface area contributed by atoms with Gasteiger partial charge in [-0.15, -0.1) is 0 Å². The molecule has 0 rings (SSSR count). The van der Waals surface area contributed by atoms with Gasteiger partial charge >= 0.3 is 24.2 Å². The van der Waals surface area contributed by atoms with E-state index in [2.05, 4.69) is 10.5 Å². The molecule has 0 aliphatic carbocycles. The number of carbonyl (C=O) groups excluding carboxylic acids is 1. The van der Waals surface area contributed by atoms with E-state index in [9.17, 15) is 39.9 Å². The van der Waals surface area contributed by atoms with E-state index >= 15 is 0 Å². The summed E-state index contributed by atoms with van der Waals surface area (Å²) in [6, 6.07) is -1.23. The molecule has 21 heavy (non-hydrogen) atoms. The standard InChI is InChI=1S/C9H12F8N2O2/c10-6(11)8(14,15)9(16,17)7(12,13)3-21-2-4(18)1-5(19)20/h4,6H,1-3,18H2,(H2,19,20). The van der Waals surface area contributed by atoms with Gasteiger partial charge in [-0.1, -0.05) is 0 Å². The molecule has 126 valence electrons. The second-order valence-electron chi connectivity index (χ2n) is 4.15. The molecule has 0 aromatic rings. The van der Waals surface area contributed by atoms with Crippen LogP contribution in [0.25, 0.3) is 0 Å². The van der Waals surface area contributed by atoms with Crippen LogP contribution in [0.3, 0.4) is 0 Å². The molecule has 1 amide bonds. The van der Waals surface area contributed by atoms with Crippen molar-refractivity contribution in [3.63, 3.8) is 0 Å². The van der Waals surface area contributed by atoms with Gasteiger partial charge in [0.05, 0.1) is 6.61 Å². The fourth-order valence-corrected chi connectivity index (χ4v) is 1.13. The number of rotatable bonds is 9. The van der Waals surface area contributed by atoms with Crippen molar-refractivity contribution < 1.29 is 44.7 Å². The number of nitrogens with two attached hydrogens (primary N) is 2. The average molecular weight is 332 g/mol. The number of halogens is 8. The molecule has 0 saturated carbocycles. The highest BCUT2D eigenvalue weighted by atomic mass is 19.4. The van der Waals surface area contributed by atoms with Crippen LogP contribution in [0.2, 0.25) is 0 Å². The highest BCUT2D eigenvalue weighted by Gasteiger charge is 2.75. The molecule has 0 bridgehead atoms. The molecular formula is C9H12F8N2O2. The van der Waals surface area contributed by atoms with Gasteiger partial charge in [0.15, 0.2) is 0 Å². The highest BCUT2D eigenvalue weighted by Crippen LogP contribution is 2.48. The van der Waals surface area contributed by atoms with Crippen molar-refractivity contribution in [2.75, 3.05) is 13.2 Å². The number of carbonyl (C=O) groups is 1. The van der Waals surface area contributed by atoms with Gasteiger partial charge in [-0.05, 0) is 0 Å². The predicted molar refractivity (Wildman–Crippen MR) is 53.5 cm³/mol. The summed E-state index contributed by atoms with van der Waals surface area (Å²) in [5.74, 6) is -19.1. The maximum absolute atomic E-state index is 12.9. The molecule has 0 aromatic heterocycles. The Hall–Kier alpha value is -1.17. The minimum Gasteiger partial charge on any atom is -0.373 e. The zero-order valence-corrected chi connectivity index (χ0v) is 10.3. The van der Waals surface area contributed by atoms with E-state index in [-0.39, 0.29) is 0 Å². The van der Waals surface area contributed by atoms with Gasteiger partial charge in [0, 0.05) is 12.5 Å². The van der Waals surface area contributed by atoms with Crippen molar-refractivity contribution >= 4 is 5.91 Å². The SMILES string of the molecule is NC(=O)CC(N)COCC(F)(F)C(F)(F)C(F)(F)C(F)F. The average Bonchev–Trinajstić information content (AvgIpc) is 2.26. The Labute approximate surface area is 113 Å². The lowest BCUT2D eigenvalue weighted by molar-refractivity contribution is -0.346. The van der Waals surface area contributed by atoms with Crippen molar-refractivity contribution in [3.05, 3.63) is 0 Å². The summed E-state index contributed by atoms with van der Waals surface area (Å²) in [5, 5.41) is 0.